The number of aromatic nitrogens is 2. The lowest BCUT2D eigenvalue weighted by molar-refractivity contribution is 0.174. The van der Waals surface area contributed by atoms with Gasteiger partial charge in [0, 0.05) is 36.4 Å². The molecule has 6 nitrogen and oxygen atoms in total. The van der Waals surface area contributed by atoms with Crippen molar-refractivity contribution in [2.24, 2.45) is 0 Å². The largest absolute Gasteiger partial charge is 0.454 e. The number of benzene rings is 1. The van der Waals surface area contributed by atoms with Gasteiger partial charge >= 0.3 is 0 Å². The summed E-state index contributed by atoms with van der Waals surface area (Å²) in [6.07, 6.45) is 11.5. The van der Waals surface area contributed by atoms with E-state index in [0.29, 0.717) is 11.2 Å². The molecule has 2 atom stereocenters. The molecule has 2 aromatic heterocycles. The van der Waals surface area contributed by atoms with Gasteiger partial charge in [0.1, 0.15) is 0 Å². The first-order chi connectivity index (χ1) is 15.3. The van der Waals surface area contributed by atoms with Gasteiger partial charge in [-0.15, -0.1) is 0 Å². The smallest absolute Gasteiger partial charge is 0.231 e. The zero-order valence-corrected chi connectivity index (χ0v) is 17.9. The zero-order valence-electron chi connectivity index (χ0n) is 17.1. The van der Waals surface area contributed by atoms with Crippen LogP contribution in [0.2, 0.25) is 0 Å². The predicted octanol–water partition coefficient (Wildman–Crippen LogP) is 4.90. The summed E-state index contributed by atoms with van der Waals surface area (Å²) in [4.78, 5) is 6.83. The van der Waals surface area contributed by atoms with Crippen LogP contribution in [-0.4, -0.2) is 21.5 Å². The monoisotopic (exact) mass is 432 g/mol. The third-order valence-electron chi connectivity index (χ3n) is 6.56. The average molecular weight is 433 g/mol. The SMILES string of the molecule is S=C1N[C@@H](c2ccccn2)[C@H](c2ccn(C3CCCC3)c2)N1c1ccc2c(c1)OCO2. The number of nitrogens with one attached hydrogen (secondary N) is 1. The van der Waals surface area contributed by atoms with E-state index in [9.17, 15) is 0 Å². The Labute approximate surface area is 186 Å². The van der Waals surface area contributed by atoms with Gasteiger partial charge in [-0.05, 0) is 61.0 Å². The second-order valence-electron chi connectivity index (χ2n) is 8.36. The first-order valence-electron chi connectivity index (χ1n) is 10.9. The van der Waals surface area contributed by atoms with Crippen molar-refractivity contribution in [3.8, 4) is 11.5 Å². The van der Waals surface area contributed by atoms with Crippen LogP contribution in [0.4, 0.5) is 5.69 Å². The molecular weight excluding hydrogens is 408 g/mol. The summed E-state index contributed by atoms with van der Waals surface area (Å²) in [5.74, 6) is 1.52. The highest BCUT2D eigenvalue weighted by molar-refractivity contribution is 7.80. The quantitative estimate of drug-likeness (QED) is 0.592. The van der Waals surface area contributed by atoms with Gasteiger partial charge in [-0.25, -0.2) is 0 Å². The highest BCUT2D eigenvalue weighted by atomic mass is 32.1. The van der Waals surface area contributed by atoms with E-state index in [1.54, 1.807) is 0 Å². The third-order valence-corrected chi connectivity index (χ3v) is 6.87. The van der Waals surface area contributed by atoms with Crippen molar-refractivity contribution < 1.29 is 9.47 Å². The van der Waals surface area contributed by atoms with Crippen LogP contribution in [0.3, 0.4) is 0 Å². The minimum atomic E-state index is -0.0430. The number of hydrogen-bond acceptors (Lipinski definition) is 4. The number of anilines is 1. The van der Waals surface area contributed by atoms with Gasteiger partial charge in [0.15, 0.2) is 16.6 Å². The molecule has 0 radical (unpaired) electrons. The van der Waals surface area contributed by atoms with Crippen molar-refractivity contribution in [2.45, 2.75) is 43.8 Å². The first-order valence-corrected chi connectivity index (χ1v) is 11.3. The van der Waals surface area contributed by atoms with Gasteiger partial charge < -0.3 is 24.3 Å². The Morgan fingerprint density at radius 2 is 1.90 bits per heavy atom. The molecule has 0 unspecified atom stereocenters. The van der Waals surface area contributed by atoms with Crippen LogP contribution in [-0.2, 0) is 0 Å². The van der Waals surface area contributed by atoms with Crippen molar-refractivity contribution in [3.63, 3.8) is 0 Å². The first kappa shape index (κ1) is 18.7. The molecule has 3 aromatic rings. The van der Waals surface area contributed by atoms with Crippen LogP contribution >= 0.6 is 12.2 Å². The summed E-state index contributed by atoms with van der Waals surface area (Å²) >= 11 is 5.83. The summed E-state index contributed by atoms with van der Waals surface area (Å²) in [7, 11) is 0. The Morgan fingerprint density at radius 3 is 2.74 bits per heavy atom. The molecule has 7 heteroatoms. The van der Waals surface area contributed by atoms with E-state index in [1.165, 1.54) is 31.2 Å². The molecule has 0 bridgehead atoms. The van der Waals surface area contributed by atoms with Crippen LogP contribution in [0.5, 0.6) is 11.5 Å². The molecule has 158 valence electrons. The summed E-state index contributed by atoms with van der Waals surface area (Å²) in [6.45, 7) is 0.256. The van der Waals surface area contributed by atoms with Gasteiger partial charge in [-0.1, -0.05) is 18.9 Å². The number of fused-ring (bicyclic) bond motifs is 1. The van der Waals surface area contributed by atoms with Crippen LogP contribution in [0.1, 0.15) is 55.1 Å². The maximum absolute atomic E-state index is 5.83. The van der Waals surface area contributed by atoms with Crippen molar-refractivity contribution in [2.75, 3.05) is 11.7 Å². The van der Waals surface area contributed by atoms with Crippen molar-refractivity contribution in [3.05, 3.63) is 72.3 Å². The molecule has 2 fully saturated rings. The highest BCUT2D eigenvalue weighted by Crippen LogP contribution is 2.45. The Morgan fingerprint density at radius 1 is 1.03 bits per heavy atom. The van der Waals surface area contributed by atoms with Gasteiger partial charge in [0.25, 0.3) is 0 Å². The van der Waals surface area contributed by atoms with E-state index < -0.39 is 0 Å². The van der Waals surface area contributed by atoms with E-state index in [-0.39, 0.29) is 18.9 Å². The number of rotatable bonds is 4. The average Bonchev–Trinajstić information content (AvgIpc) is 3.59. The molecule has 31 heavy (non-hydrogen) atoms. The van der Waals surface area contributed by atoms with Crippen molar-refractivity contribution in [1.82, 2.24) is 14.9 Å². The van der Waals surface area contributed by atoms with E-state index in [0.717, 1.165) is 22.9 Å². The third kappa shape index (κ3) is 3.24. The van der Waals surface area contributed by atoms with Crippen LogP contribution in [0.15, 0.2) is 61.1 Å². The second-order valence-corrected chi connectivity index (χ2v) is 8.75. The van der Waals surface area contributed by atoms with Crippen LogP contribution in [0, 0.1) is 0 Å². The van der Waals surface area contributed by atoms with E-state index in [1.807, 2.05) is 36.5 Å². The lowest BCUT2D eigenvalue weighted by Crippen LogP contribution is -2.29. The summed E-state index contributed by atoms with van der Waals surface area (Å²) < 4.78 is 13.5. The molecule has 1 saturated heterocycles. The second kappa shape index (κ2) is 7.57. The summed E-state index contributed by atoms with van der Waals surface area (Å²) in [6, 6.07) is 14.8. The molecule has 0 spiro atoms. The molecule has 0 amide bonds. The molecule has 1 aliphatic carbocycles. The highest BCUT2D eigenvalue weighted by Gasteiger charge is 2.41. The molecule has 6 rings (SSSR count). The summed E-state index contributed by atoms with van der Waals surface area (Å²) in [5.41, 5.74) is 3.19. The van der Waals surface area contributed by atoms with Crippen LogP contribution < -0.4 is 19.7 Å². The minimum absolute atomic E-state index is 0.00887. The molecule has 1 aromatic carbocycles. The van der Waals surface area contributed by atoms with Gasteiger partial charge in [0.05, 0.1) is 17.8 Å². The number of nitrogens with zero attached hydrogens (tertiary/aromatic N) is 3. The molecule has 3 aliphatic rings. The molecule has 1 N–H and O–H groups in total. The number of pyridine rings is 1. The Bertz CT molecular complexity index is 1110. The Hall–Kier alpha value is -3.06. The van der Waals surface area contributed by atoms with Gasteiger partial charge in [-0.3, -0.25) is 4.98 Å². The fraction of sp³-hybridized carbons (Fsp3) is 0.333. The van der Waals surface area contributed by atoms with Gasteiger partial charge in [0.2, 0.25) is 6.79 Å². The lowest BCUT2D eigenvalue weighted by atomic mass is 9.98. The molecule has 4 heterocycles. The van der Waals surface area contributed by atoms with Crippen LogP contribution in [0.25, 0.3) is 0 Å². The number of thiocarbonyl (C=S) groups is 1. The standard InChI is InChI=1S/C24H24N4O2S/c31-24-26-22(19-7-3-4-11-25-19)23(16-10-12-27(14-16)17-5-1-2-6-17)28(24)18-8-9-20-21(13-18)30-15-29-20/h3-4,7-14,17,22-23H,1-2,5-6,15H2,(H,26,31)/t22-,23-/m0/s1. The minimum Gasteiger partial charge on any atom is -0.454 e. The normalized spacial score (nSPS) is 22.8. The topological polar surface area (TPSA) is 51.6 Å². The van der Waals surface area contributed by atoms with Gasteiger partial charge in [-0.2, -0.15) is 0 Å². The van der Waals surface area contributed by atoms with E-state index >= 15 is 0 Å². The Balaban J connectivity index is 1.42. The molecular formula is C24H24N4O2S. The van der Waals surface area contributed by atoms with E-state index in [4.69, 9.17) is 21.7 Å². The Kier molecular flexibility index (Phi) is 4.56. The van der Waals surface area contributed by atoms with Crippen molar-refractivity contribution >= 4 is 23.0 Å². The summed E-state index contributed by atoms with van der Waals surface area (Å²) in [5, 5.41) is 4.22. The fourth-order valence-corrected chi connectivity index (χ4v) is 5.39. The number of ether oxygens (including phenoxy) is 2. The predicted molar refractivity (Wildman–Crippen MR) is 122 cm³/mol. The lowest BCUT2D eigenvalue weighted by Gasteiger charge is -2.27. The molecule has 2 aliphatic heterocycles. The van der Waals surface area contributed by atoms with Crippen molar-refractivity contribution in [1.29, 1.82) is 0 Å². The maximum Gasteiger partial charge on any atom is 0.231 e. The maximum atomic E-state index is 5.83. The van der Waals surface area contributed by atoms with E-state index in [2.05, 4.69) is 44.3 Å². The fourth-order valence-electron chi connectivity index (χ4n) is 5.04. The zero-order chi connectivity index (χ0) is 20.8. The molecule has 1 saturated carbocycles. The number of hydrogen-bond donors (Lipinski definition) is 1.